The zero-order valence-corrected chi connectivity index (χ0v) is 19.5. The Morgan fingerprint density at radius 1 is 0.824 bits per heavy atom. The molecule has 3 aromatic rings. The first kappa shape index (κ1) is 24.5. The molecular weight excluding hydrogens is 454 g/mol. The molecule has 0 spiro atoms. The number of nitrogens with zero attached hydrogens (tertiary/aromatic N) is 1. The fourth-order valence-electron chi connectivity index (χ4n) is 2.90. The molecule has 176 valence electrons. The Hall–Kier alpha value is -4.11. The van der Waals surface area contributed by atoms with Crippen LogP contribution in [0.3, 0.4) is 0 Å². The van der Waals surface area contributed by atoms with Crippen molar-refractivity contribution in [3.63, 3.8) is 0 Å². The zero-order chi connectivity index (χ0) is 24.6. The molecule has 34 heavy (non-hydrogen) atoms. The second-order valence-electron chi connectivity index (χ2n) is 7.44. The standard InChI is InChI=1S/C25H25N3O5S/c1-19(2)33-23-15-9-10-20(18-23)16-17-34(31,32)28(24(29)26-21-11-5-3-6-12-21)25(30)27-22-13-7-4-8-14-22/h3-19H,1-2H3,(H,26,29)(H,27,30)/b17-16+. The van der Waals surface area contributed by atoms with Crippen LogP contribution in [0.5, 0.6) is 5.75 Å². The molecule has 0 aromatic heterocycles. The third-order valence-electron chi connectivity index (χ3n) is 4.34. The first-order chi connectivity index (χ1) is 16.2. The lowest BCUT2D eigenvalue weighted by molar-refractivity contribution is 0.222. The van der Waals surface area contributed by atoms with E-state index in [0.717, 1.165) is 5.41 Å². The summed E-state index contributed by atoms with van der Waals surface area (Å²) in [5.41, 5.74) is 1.19. The highest BCUT2D eigenvalue weighted by Crippen LogP contribution is 2.18. The van der Waals surface area contributed by atoms with Gasteiger partial charge in [-0.2, -0.15) is 0 Å². The van der Waals surface area contributed by atoms with E-state index in [1.807, 2.05) is 13.8 Å². The zero-order valence-electron chi connectivity index (χ0n) is 18.7. The maximum absolute atomic E-state index is 13.1. The molecular formula is C25H25N3O5S. The van der Waals surface area contributed by atoms with E-state index in [2.05, 4.69) is 10.6 Å². The second kappa shape index (κ2) is 11.2. The molecule has 0 aliphatic rings. The summed E-state index contributed by atoms with van der Waals surface area (Å²) in [6.07, 6.45) is 1.24. The molecule has 3 rings (SSSR count). The molecule has 0 heterocycles. The number of carbonyl (C=O) groups excluding carboxylic acids is 2. The Labute approximate surface area is 198 Å². The van der Waals surface area contributed by atoms with Gasteiger partial charge < -0.3 is 15.4 Å². The third kappa shape index (κ3) is 6.94. The lowest BCUT2D eigenvalue weighted by Gasteiger charge is -2.20. The van der Waals surface area contributed by atoms with Crippen LogP contribution < -0.4 is 15.4 Å². The number of urea groups is 2. The summed E-state index contributed by atoms with van der Waals surface area (Å²) in [4.78, 5) is 25.8. The number of anilines is 2. The summed E-state index contributed by atoms with van der Waals surface area (Å²) >= 11 is 0. The minimum absolute atomic E-state index is 0.0539. The average molecular weight is 480 g/mol. The molecule has 0 saturated carbocycles. The van der Waals surface area contributed by atoms with E-state index in [9.17, 15) is 18.0 Å². The molecule has 9 heteroatoms. The first-order valence-electron chi connectivity index (χ1n) is 10.5. The van der Waals surface area contributed by atoms with Gasteiger partial charge in [0.1, 0.15) is 5.75 Å². The molecule has 0 saturated heterocycles. The topological polar surface area (TPSA) is 105 Å². The van der Waals surface area contributed by atoms with Crippen LogP contribution >= 0.6 is 0 Å². The molecule has 0 atom stereocenters. The number of rotatable bonds is 7. The van der Waals surface area contributed by atoms with Gasteiger partial charge in [-0.3, -0.25) is 0 Å². The predicted molar refractivity (Wildman–Crippen MR) is 133 cm³/mol. The Balaban J connectivity index is 1.89. The van der Waals surface area contributed by atoms with Gasteiger partial charge in [0.05, 0.1) is 11.5 Å². The summed E-state index contributed by atoms with van der Waals surface area (Å²) in [7, 11) is -4.51. The van der Waals surface area contributed by atoms with E-state index in [1.54, 1.807) is 84.9 Å². The number of benzene rings is 3. The summed E-state index contributed by atoms with van der Waals surface area (Å²) in [5.74, 6) is 0.565. The average Bonchev–Trinajstić information content (AvgIpc) is 2.79. The van der Waals surface area contributed by atoms with Gasteiger partial charge in [0.15, 0.2) is 0 Å². The van der Waals surface area contributed by atoms with E-state index in [1.165, 1.54) is 6.08 Å². The smallest absolute Gasteiger partial charge is 0.344 e. The molecule has 0 fully saturated rings. The number of hydrogen-bond donors (Lipinski definition) is 2. The van der Waals surface area contributed by atoms with E-state index in [4.69, 9.17) is 4.74 Å². The van der Waals surface area contributed by atoms with Crippen LogP contribution in [0.4, 0.5) is 21.0 Å². The number of carbonyl (C=O) groups is 2. The number of amides is 4. The Kier molecular flexibility index (Phi) is 8.05. The number of imide groups is 1. The first-order valence-corrected chi connectivity index (χ1v) is 12.0. The lowest BCUT2D eigenvalue weighted by Crippen LogP contribution is -2.45. The second-order valence-corrected chi connectivity index (χ2v) is 9.11. The summed E-state index contributed by atoms with van der Waals surface area (Å²) in [5, 5.41) is 5.68. The van der Waals surface area contributed by atoms with Crippen LogP contribution in [0, 0.1) is 0 Å². The monoisotopic (exact) mass is 479 g/mol. The van der Waals surface area contributed by atoms with Gasteiger partial charge >= 0.3 is 12.1 Å². The maximum Gasteiger partial charge on any atom is 0.344 e. The van der Waals surface area contributed by atoms with Gasteiger partial charge in [0.25, 0.3) is 10.0 Å². The van der Waals surface area contributed by atoms with Gasteiger partial charge in [0.2, 0.25) is 0 Å². The van der Waals surface area contributed by atoms with Crippen LogP contribution in [0.1, 0.15) is 19.4 Å². The highest BCUT2D eigenvalue weighted by atomic mass is 32.2. The number of para-hydroxylation sites is 2. The number of sulfonamides is 1. The summed E-state index contributed by atoms with van der Waals surface area (Å²) in [6, 6.07) is 21.0. The Morgan fingerprint density at radius 3 is 1.85 bits per heavy atom. The van der Waals surface area contributed by atoms with Crippen LogP contribution in [-0.4, -0.2) is 30.9 Å². The number of ether oxygens (including phenoxy) is 1. The van der Waals surface area contributed by atoms with Gasteiger partial charge in [-0.25, -0.2) is 18.0 Å². The molecule has 0 bridgehead atoms. The highest BCUT2D eigenvalue weighted by Gasteiger charge is 2.32. The van der Waals surface area contributed by atoms with Crippen molar-refractivity contribution in [2.75, 3.05) is 10.6 Å². The van der Waals surface area contributed by atoms with E-state index in [-0.39, 0.29) is 10.4 Å². The van der Waals surface area contributed by atoms with E-state index >= 15 is 0 Å². The number of nitrogens with one attached hydrogen (secondary N) is 2. The minimum atomic E-state index is -4.51. The third-order valence-corrected chi connectivity index (χ3v) is 5.66. The largest absolute Gasteiger partial charge is 0.491 e. The van der Waals surface area contributed by atoms with Crippen molar-refractivity contribution in [2.24, 2.45) is 0 Å². The van der Waals surface area contributed by atoms with Crippen LogP contribution in [0.2, 0.25) is 0 Å². The normalized spacial score (nSPS) is 11.3. The highest BCUT2D eigenvalue weighted by molar-refractivity contribution is 7.93. The Morgan fingerprint density at radius 2 is 1.35 bits per heavy atom. The maximum atomic E-state index is 13.1. The minimum Gasteiger partial charge on any atom is -0.491 e. The molecule has 0 aliphatic carbocycles. The molecule has 0 aliphatic heterocycles. The summed E-state index contributed by atoms with van der Waals surface area (Å²) in [6.45, 7) is 3.75. The SMILES string of the molecule is CC(C)Oc1cccc(/C=C/S(=O)(=O)N(C(=O)Nc2ccccc2)C(=O)Nc2ccccc2)c1. The van der Waals surface area contributed by atoms with Gasteiger partial charge in [-0.15, -0.1) is 4.31 Å². The molecule has 2 N–H and O–H groups in total. The summed E-state index contributed by atoms with van der Waals surface area (Å²) < 4.78 is 32.0. The number of hydrogen-bond acceptors (Lipinski definition) is 5. The van der Waals surface area contributed by atoms with Crippen molar-refractivity contribution in [1.29, 1.82) is 0 Å². The molecule has 8 nitrogen and oxygen atoms in total. The van der Waals surface area contributed by atoms with Crippen molar-refractivity contribution < 1.29 is 22.7 Å². The fraction of sp³-hybridized carbons (Fsp3) is 0.120. The van der Waals surface area contributed by atoms with Crippen LogP contribution in [-0.2, 0) is 10.0 Å². The van der Waals surface area contributed by atoms with Crippen LogP contribution in [0.15, 0.2) is 90.3 Å². The predicted octanol–water partition coefficient (Wildman–Crippen LogP) is 5.54. The molecule has 0 unspecified atom stereocenters. The quantitative estimate of drug-likeness (QED) is 0.463. The van der Waals surface area contributed by atoms with E-state index < -0.39 is 22.1 Å². The van der Waals surface area contributed by atoms with E-state index in [0.29, 0.717) is 22.7 Å². The molecule has 3 aromatic carbocycles. The Bertz CT molecular complexity index is 1210. The van der Waals surface area contributed by atoms with Crippen molar-refractivity contribution in [2.45, 2.75) is 20.0 Å². The van der Waals surface area contributed by atoms with Gasteiger partial charge in [-0.05, 0) is 61.9 Å². The fourth-order valence-corrected chi connectivity index (χ4v) is 3.91. The van der Waals surface area contributed by atoms with Crippen molar-refractivity contribution in [3.05, 3.63) is 95.9 Å². The van der Waals surface area contributed by atoms with Gasteiger partial charge in [-0.1, -0.05) is 48.5 Å². The van der Waals surface area contributed by atoms with Crippen molar-refractivity contribution in [3.8, 4) is 5.75 Å². The van der Waals surface area contributed by atoms with Gasteiger partial charge in [0, 0.05) is 11.4 Å². The van der Waals surface area contributed by atoms with Crippen LogP contribution in [0.25, 0.3) is 6.08 Å². The lowest BCUT2D eigenvalue weighted by atomic mass is 10.2. The molecule has 4 amide bonds. The van der Waals surface area contributed by atoms with Crippen molar-refractivity contribution >= 4 is 39.5 Å². The van der Waals surface area contributed by atoms with Crippen molar-refractivity contribution in [1.82, 2.24) is 4.31 Å². The molecule has 0 radical (unpaired) electrons.